The molecule has 27 heavy (non-hydrogen) atoms. The van der Waals surface area contributed by atoms with Crippen molar-refractivity contribution in [2.24, 2.45) is 0 Å². The number of pyridine rings is 1. The zero-order valence-electron chi connectivity index (χ0n) is 14.4. The van der Waals surface area contributed by atoms with Crippen molar-refractivity contribution in [3.63, 3.8) is 0 Å². The quantitative estimate of drug-likeness (QED) is 0.519. The number of aromatic amines is 1. The van der Waals surface area contributed by atoms with Crippen molar-refractivity contribution in [1.82, 2.24) is 19.9 Å². The highest BCUT2D eigenvalue weighted by Crippen LogP contribution is 2.23. The van der Waals surface area contributed by atoms with Crippen LogP contribution in [0.25, 0.3) is 11.4 Å². The lowest BCUT2D eigenvalue weighted by Gasteiger charge is -2.27. The Kier molecular flexibility index (Phi) is 4.86. The molecular weight excluding hydrogens is 385 g/mol. The van der Waals surface area contributed by atoms with Crippen LogP contribution < -0.4 is 11.3 Å². The van der Waals surface area contributed by atoms with Crippen LogP contribution in [0.15, 0.2) is 41.2 Å². The Hall–Kier alpha value is -2.41. The molecule has 0 aliphatic carbocycles. The van der Waals surface area contributed by atoms with Gasteiger partial charge >= 0.3 is 0 Å². The van der Waals surface area contributed by atoms with Crippen LogP contribution in [0.5, 0.6) is 0 Å². The third kappa shape index (κ3) is 3.83. The van der Waals surface area contributed by atoms with Crippen molar-refractivity contribution >= 4 is 28.9 Å². The van der Waals surface area contributed by atoms with Gasteiger partial charge in [-0.2, -0.15) is 0 Å². The number of halogens is 2. The first-order chi connectivity index (χ1) is 13.0. The molecule has 1 aliphatic heterocycles. The van der Waals surface area contributed by atoms with Gasteiger partial charge in [0, 0.05) is 42.0 Å². The number of benzene rings is 1. The van der Waals surface area contributed by atoms with Crippen molar-refractivity contribution in [3.8, 4) is 11.4 Å². The second-order valence-corrected chi connectivity index (χ2v) is 7.25. The molecule has 0 atom stereocenters. The van der Waals surface area contributed by atoms with E-state index in [-0.39, 0.29) is 5.56 Å². The van der Waals surface area contributed by atoms with E-state index in [1.807, 2.05) is 18.2 Å². The topological polar surface area (TPSA) is 87.9 Å². The molecule has 3 N–H and O–H groups in total. The summed E-state index contributed by atoms with van der Waals surface area (Å²) >= 11 is 12.1. The molecule has 0 saturated heterocycles. The lowest BCUT2D eigenvalue weighted by molar-refractivity contribution is 0.240. The maximum absolute atomic E-state index is 12.5. The van der Waals surface area contributed by atoms with Crippen molar-refractivity contribution in [2.75, 3.05) is 12.3 Å². The van der Waals surface area contributed by atoms with Gasteiger partial charge in [0.1, 0.15) is 16.1 Å². The fourth-order valence-corrected chi connectivity index (χ4v) is 3.61. The van der Waals surface area contributed by atoms with Crippen LogP contribution in [-0.4, -0.2) is 26.4 Å². The van der Waals surface area contributed by atoms with Crippen molar-refractivity contribution < 1.29 is 0 Å². The number of nitrogen functional groups attached to an aromatic ring is 1. The predicted octanol–water partition coefficient (Wildman–Crippen LogP) is 3.28. The number of anilines is 1. The molecule has 0 radical (unpaired) electrons. The van der Waals surface area contributed by atoms with Gasteiger partial charge in [-0.1, -0.05) is 29.3 Å². The third-order valence-corrected chi connectivity index (χ3v) is 5.16. The van der Waals surface area contributed by atoms with E-state index in [9.17, 15) is 4.79 Å². The number of fused-ring (bicyclic) bond motifs is 1. The third-order valence-electron chi connectivity index (χ3n) is 4.62. The first-order valence-electron chi connectivity index (χ1n) is 8.51. The second-order valence-electron chi connectivity index (χ2n) is 6.51. The number of nitrogens with zero attached hydrogens (tertiary/aromatic N) is 3. The van der Waals surface area contributed by atoms with Gasteiger partial charge in [-0.25, -0.2) is 9.97 Å². The first-order valence-corrected chi connectivity index (χ1v) is 9.26. The highest BCUT2D eigenvalue weighted by atomic mass is 35.5. The summed E-state index contributed by atoms with van der Waals surface area (Å²) in [5, 5.41) is 0.767. The highest BCUT2D eigenvalue weighted by Gasteiger charge is 2.22. The molecule has 1 aromatic carbocycles. The lowest BCUT2D eigenvalue weighted by atomic mass is 10.1. The van der Waals surface area contributed by atoms with E-state index in [4.69, 9.17) is 33.9 Å². The molecule has 8 heteroatoms. The molecule has 6 nitrogen and oxygen atoms in total. The van der Waals surface area contributed by atoms with Gasteiger partial charge < -0.3 is 10.7 Å². The van der Waals surface area contributed by atoms with Crippen molar-refractivity contribution in [3.05, 3.63) is 73.9 Å². The molecular formula is C19H17Cl2N5O. The van der Waals surface area contributed by atoms with Gasteiger partial charge in [-0.3, -0.25) is 9.69 Å². The Morgan fingerprint density at radius 1 is 1.11 bits per heavy atom. The Morgan fingerprint density at radius 2 is 1.89 bits per heavy atom. The Labute approximate surface area is 166 Å². The van der Waals surface area contributed by atoms with Gasteiger partial charge in [0.2, 0.25) is 0 Å². The van der Waals surface area contributed by atoms with E-state index in [1.54, 1.807) is 18.2 Å². The van der Waals surface area contributed by atoms with Crippen LogP contribution in [0, 0.1) is 0 Å². The minimum atomic E-state index is -0.0855. The molecule has 0 saturated carbocycles. The first kappa shape index (κ1) is 18.0. The Morgan fingerprint density at radius 3 is 2.63 bits per heavy atom. The van der Waals surface area contributed by atoms with E-state index in [0.29, 0.717) is 41.3 Å². The summed E-state index contributed by atoms with van der Waals surface area (Å²) in [5.41, 5.74) is 9.57. The maximum Gasteiger partial charge on any atom is 0.254 e. The second kappa shape index (κ2) is 7.31. The molecule has 1 aliphatic rings. The molecule has 2 aromatic heterocycles. The molecule has 0 unspecified atom stereocenters. The van der Waals surface area contributed by atoms with Crippen LogP contribution in [0.1, 0.15) is 16.8 Å². The van der Waals surface area contributed by atoms with Crippen LogP contribution in [0.2, 0.25) is 10.3 Å². The summed E-state index contributed by atoms with van der Waals surface area (Å²) in [6.45, 7) is 1.94. The van der Waals surface area contributed by atoms with E-state index in [0.717, 1.165) is 28.9 Å². The average molecular weight is 402 g/mol. The zero-order chi connectivity index (χ0) is 19.0. The van der Waals surface area contributed by atoms with Gasteiger partial charge in [0.25, 0.3) is 5.56 Å². The number of nitrogens with one attached hydrogen (secondary N) is 1. The van der Waals surface area contributed by atoms with E-state index in [1.165, 1.54) is 0 Å². The number of hydrogen-bond acceptors (Lipinski definition) is 5. The summed E-state index contributed by atoms with van der Waals surface area (Å²) in [4.78, 5) is 26.3. The van der Waals surface area contributed by atoms with Gasteiger partial charge in [0.05, 0.1) is 5.69 Å². The predicted molar refractivity (Wildman–Crippen MR) is 107 cm³/mol. The SMILES string of the molecule is Nc1ccc(-c2nc3c(c(=O)[nH]2)CCN(Cc2ccc(Cl)nc2Cl)C3)cc1. The normalized spacial score (nSPS) is 14.1. The van der Waals surface area contributed by atoms with Crippen LogP contribution in [0.3, 0.4) is 0 Å². The molecule has 3 aromatic rings. The fraction of sp³-hybridized carbons (Fsp3) is 0.211. The molecule has 0 fully saturated rings. The average Bonchev–Trinajstić information content (AvgIpc) is 2.64. The molecule has 0 bridgehead atoms. The van der Waals surface area contributed by atoms with Gasteiger partial charge in [0.15, 0.2) is 0 Å². The monoisotopic (exact) mass is 401 g/mol. The standard InChI is InChI=1S/C19H17Cl2N5O/c20-16-6-3-12(17(21)24-16)9-26-8-7-14-15(10-26)23-18(25-19(14)27)11-1-4-13(22)5-2-11/h1-6H,7-10,22H2,(H,23,25,27). The van der Waals surface area contributed by atoms with Gasteiger partial charge in [-0.05, 0) is 36.8 Å². The number of aromatic nitrogens is 3. The minimum Gasteiger partial charge on any atom is -0.399 e. The van der Waals surface area contributed by atoms with E-state index >= 15 is 0 Å². The van der Waals surface area contributed by atoms with E-state index in [2.05, 4.69) is 14.9 Å². The van der Waals surface area contributed by atoms with E-state index < -0.39 is 0 Å². The number of H-pyrrole nitrogens is 1. The highest BCUT2D eigenvalue weighted by molar-refractivity contribution is 6.32. The summed E-state index contributed by atoms with van der Waals surface area (Å²) < 4.78 is 0. The van der Waals surface area contributed by atoms with Gasteiger partial charge in [-0.15, -0.1) is 0 Å². The molecule has 138 valence electrons. The Balaban J connectivity index is 1.61. The number of nitrogens with two attached hydrogens (primary N) is 1. The van der Waals surface area contributed by atoms with Crippen molar-refractivity contribution in [2.45, 2.75) is 19.5 Å². The summed E-state index contributed by atoms with van der Waals surface area (Å²) in [5.74, 6) is 0.548. The maximum atomic E-state index is 12.5. The molecule has 0 amide bonds. The summed E-state index contributed by atoms with van der Waals surface area (Å²) in [7, 11) is 0. The summed E-state index contributed by atoms with van der Waals surface area (Å²) in [6, 6.07) is 10.9. The molecule has 0 spiro atoms. The lowest BCUT2D eigenvalue weighted by Crippen LogP contribution is -2.35. The van der Waals surface area contributed by atoms with Crippen LogP contribution in [0.4, 0.5) is 5.69 Å². The minimum absolute atomic E-state index is 0.0855. The molecule has 3 heterocycles. The summed E-state index contributed by atoms with van der Waals surface area (Å²) in [6.07, 6.45) is 0.637. The van der Waals surface area contributed by atoms with Crippen LogP contribution in [-0.2, 0) is 19.5 Å². The fourth-order valence-electron chi connectivity index (χ4n) is 3.21. The Bertz CT molecular complexity index is 1050. The number of hydrogen-bond donors (Lipinski definition) is 2. The zero-order valence-corrected chi connectivity index (χ0v) is 15.9. The molecule has 4 rings (SSSR count). The number of rotatable bonds is 3. The largest absolute Gasteiger partial charge is 0.399 e. The van der Waals surface area contributed by atoms with Crippen LogP contribution >= 0.6 is 23.2 Å². The van der Waals surface area contributed by atoms with Crippen molar-refractivity contribution in [1.29, 1.82) is 0 Å². The smallest absolute Gasteiger partial charge is 0.254 e.